The van der Waals surface area contributed by atoms with Crippen molar-refractivity contribution in [2.24, 2.45) is 0 Å². The van der Waals surface area contributed by atoms with Gasteiger partial charge in [0.1, 0.15) is 27.7 Å². The summed E-state index contributed by atoms with van der Waals surface area (Å²) in [5.74, 6) is 1.42. The summed E-state index contributed by atoms with van der Waals surface area (Å²) in [6, 6.07) is 5.34. The van der Waals surface area contributed by atoms with E-state index in [2.05, 4.69) is 21.4 Å². The molecule has 2 aromatic heterocycles. The molecule has 0 saturated carbocycles. The van der Waals surface area contributed by atoms with Gasteiger partial charge in [-0.25, -0.2) is 9.97 Å². The molecule has 0 saturated heterocycles. The van der Waals surface area contributed by atoms with E-state index < -0.39 is 0 Å². The van der Waals surface area contributed by atoms with Crippen LogP contribution in [0.15, 0.2) is 29.6 Å². The number of amides is 1. The summed E-state index contributed by atoms with van der Waals surface area (Å²) in [5.41, 5.74) is 0.520. The molecule has 0 aliphatic rings. The second-order valence-corrected chi connectivity index (χ2v) is 8.31. The van der Waals surface area contributed by atoms with Crippen molar-refractivity contribution < 1.29 is 14.3 Å². The number of anilines is 1. The van der Waals surface area contributed by atoms with Gasteiger partial charge in [0.2, 0.25) is 5.91 Å². The number of nitrogens with zero attached hydrogens (tertiary/aromatic N) is 2. The van der Waals surface area contributed by atoms with Gasteiger partial charge in [0.25, 0.3) is 0 Å². The van der Waals surface area contributed by atoms with E-state index in [9.17, 15) is 4.79 Å². The Morgan fingerprint density at radius 3 is 2.74 bits per heavy atom. The molecule has 3 rings (SSSR count). The number of hydrogen-bond donors (Lipinski definition) is 1. The molecule has 1 amide bonds. The molecule has 0 fully saturated rings. The molecule has 6 nitrogen and oxygen atoms in total. The Labute approximate surface area is 170 Å². The van der Waals surface area contributed by atoms with Crippen LogP contribution in [0.2, 0.25) is 5.02 Å². The van der Waals surface area contributed by atoms with Crippen LogP contribution in [-0.2, 0) is 4.79 Å². The summed E-state index contributed by atoms with van der Waals surface area (Å²) >= 11 is 9.26. The average molecular weight is 424 g/mol. The monoisotopic (exact) mass is 423 g/mol. The number of methoxy groups -OCH3 is 2. The number of nitrogens with one attached hydrogen (secondary N) is 1. The Bertz CT molecular complexity index is 978. The Kier molecular flexibility index (Phi) is 6.41. The van der Waals surface area contributed by atoms with Gasteiger partial charge in [-0.2, -0.15) is 0 Å². The molecule has 0 aliphatic carbocycles. The van der Waals surface area contributed by atoms with Crippen LogP contribution in [0.3, 0.4) is 0 Å². The van der Waals surface area contributed by atoms with Gasteiger partial charge in [-0.1, -0.05) is 11.6 Å². The van der Waals surface area contributed by atoms with Crippen LogP contribution in [0, 0.1) is 6.92 Å². The minimum absolute atomic E-state index is 0.128. The van der Waals surface area contributed by atoms with Crippen molar-refractivity contribution in [2.45, 2.75) is 18.4 Å². The lowest BCUT2D eigenvalue weighted by Gasteiger charge is -2.13. The standard InChI is InChI=1S/C18H18ClN3O3S2/c1-10-6-11-17(20-9-21-18(11)27-10)26-5-4-16(23)22-13-8-14(24-2)12(19)7-15(13)25-3/h6-9H,4-5H2,1-3H3,(H,22,23). The zero-order valence-corrected chi connectivity index (χ0v) is 17.4. The maximum Gasteiger partial charge on any atom is 0.225 e. The molecule has 1 N–H and O–H groups in total. The summed E-state index contributed by atoms with van der Waals surface area (Å²) in [7, 11) is 3.04. The SMILES string of the molecule is COc1cc(NC(=O)CCSc2ncnc3sc(C)cc23)c(OC)cc1Cl. The molecule has 0 unspecified atom stereocenters. The number of aromatic nitrogens is 2. The highest BCUT2D eigenvalue weighted by atomic mass is 35.5. The van der Waals surface area contributed by atoms with Crippen LogP contribution in [0.5, 0.6) is 11.5 Å². The first-order valence-electron chi connectivity index (χ1n) is 8.07. The Morgan fingerprint density at radius 1 is 1.22 bits per heavy atom. The lowest BCUT2D eigenvalue weighted by Crippen LogP contribution is -2.13. The van der Waals surface area contributed by atoms with Gasteiger partial charge in [0.15, 0.2) is 0 Å². The zero-order chi connectivity index (χ0) is 19.4. The highest BCUT2D eigenvalue weighted by Crippen LogP contribution is 2.36. The summed E-state index contributed by atoms with van der Waals surface area (Å²) in [6.07, 6.45) is 1.89. The number of ether oxygens (including phenoxy) is 2. The van der Waals surface area contributed by atoms with Gasteiger partial charge in [-0.15, -0.1) is 23.1 Å². The van der Waals surface area contributed by atoms with Crippen molar-refractivity contribution in [1.29, 1.82) is 0 Å². The zero-order valence-electron chi connectivity index (χ0n) is 15.0. The maximum atomic E-state index is 12.3. The molecule has 3 aromatic rings. The number of fused-ring (bicyclic) bond motifs is 1. The van der Waals surface area contributed by atoms with Gasteiger partial charge < -0.3 is 14.8 Å². The average Bonchev–Trinajstić information content (AvgIpc) is 3.03. The Morgan fingerprint density at radius 2 is 2.00 bits per heavy atom. The molecular formula is C18H18ClN3O3S2. The van der Waals surface area contributed by atoms with Crippen LogP contribution >= 0.6 is 34.7 Å². The van der Waals surface area contributed by atoms with Crippen molar-refractivity contribution in [3.8, 4) is 11.5 Å². The Balaban J connectivity index is 1.63. The molecule has 0 atom stereocenters. The van der Waals surface area contributed by atoms with E-state index in [1.165, 1.54) is 30.9 Å². The Hall–Kier alpha value is -2.03. The topological polar surface area (TPSA) is 73.3 Å². The van der Waals surface area contributed by atoms with Crippen molar-refractivity contribution in [3.63, 3.8) is 0 Å². The number of carbonyl (C=O) groups excluding carboxylic acids is 1. The van der Waals surface area contributed by atoms with Gasteiger partial charge in [-0.3, -0.25) is 4.79 Å². The normalized spacial score (nSPS) is 10.8. The minimum atomic E-state index is -0.128. The highest BCUT2D eigenvalue weighted by Gasteiger charge is 2.13. The van der Waals surface area contributed by atoms with Crippen LogP contribution in [-0.4, -0.2) is 35.8 Å². The minimum Gasteiger partial charge on any atom is -0.495 e. The van der Waals surface area contributed by atoms with Crippen LogP contribution in [0.4, 0.5) is 5.69 Å². The lowest BCUT2D eigenvalue weighted by molar-refractivity contribution is -0.115. The molecule has 0 radical (unpaired) electrons. The fourth-order valence-corrected chi connectivity index (χ4v) is 4.54. The first-order chi connectivity index (χ1) is 13.0. The number of benzene rings is 1. The number of halogens is 1. The smallest absolute Gasteiger partial charge is 0.225 e. The number of carbonyl (C=O) groups is 1. The molecule has 27 heavy (non-hydrogen) atoms. The van der Waals surface area contributed by atoms with E-state index >= 15 is 0 Å². The third-order valence-corrected chi connectivity index (χ3v) is 5.99. The second kappa shape index (κ2) is 8.77. The van der Waals surface area contributed by atoms with Crippen molar-refractivity contribution >= 4 is 56.5 Å². The first kappa shape index (κ1) is 19.7. The fraction of sp³-hybridized carbons (Fsp3) is 0.278. The lowest BCUT2D eigenvalue weighted by atomic mass is 10.2. The number of hydrogen-bond acceptors (Lipinski definition) is 7. The third-order valence-electron chi connectivity index (χ3n) is 3.73. The van der Waals surface area contributed by atoms with Crippen LogP contribution in [0.1, 0.15) is 11.3 Å². The number of thiophene rings is 1. The van der Waals surface area contributed by atoms with Gasteiger partial charge in [-0.05, 0) is 13.0 Å². The first-order valence-corrected chi connectivity index (χ1v) is 10.2. The van der Waals surface area contributed by atoms with Crippen molar-refractivity contribution in [2.75, 3.05) is 25.3 Å². The van der Waals surface area contributed by atoms with E-state index in [1.807, 2.05) is 6.92 Å². The van der Waals surface area contributed by atoms with Gasteiger partial charge >= 0.3 is 0 Å². The highest BCUT2D eigenvalue weighted by molar-refractivity contribution is 7.99. The second-order valence-electron chi connectivity index (χ2n) is 5.59. The van der Waals surface area contributed by atoms with Crippen LogP contribution in [0.25, 0.3) is 10.2 Å². The van der Waals surface area contributed by atoms with Gasteiger partial charge in [0, 0.05) is 34.6 Å². The molecule has 0 aliphatic heterocycles. The quantitative estimate of drug-likeness (QED) is 0.435. The van der Waals surface area contributed by atoms with E-state index in [0.717, 1.165) is 15.2 Å². The maximum absolute atomic E-state index is 12.3. The molecule has 1 aromatic carbocycles. The van der Waals surface area contributed by atoms with Crippen LogP contribution < -0.4 is 14.8 Å². The summed E-state index contributed by atoms with van der Waals surface area (Å²) in [6.45, 7) is 2.04. The summed E-state index contributed by atoms with van der Waals surface area (Å²) in [5, 5.41) is 5.19. The summed E-state index contributed by atoms with van der Waals surface area (Å²) in [4.78, 5) is 23.1. The predicted molar refractivity (Wildman–Crippen MR) is 111 cm³/mol. The van der Waals surface area contributed by atoms with E-state index in [1.54, 1.807) is 29.8 Å². The molecule has 0 spiro atoms. The van der Waals surface area contributed by atoms with Crippen molar-refractivity contribution in [1.82, 2.24) is 9.97 Å². The molecule has 0 bridgehead atoms. The van der Waals surface area contributed by atoms with Crippen molar-refractivity contribution in [3.05, 3.63) is 34.4 Å². The molecule has 2 heterocycles. The largest absolute Gasteiger partial charge is 0.495 e. The predicted octanol–water partition coefficient (Wildman–Crippen LogP) is 4.79. The number of aryl methyl sites for hydroxylation is 1. The van der Waals surface area contributed by atoms with E-state index in [4.69, 9.17) is 21.1 Å². The number of rotatable bonds is 7. The molecular weight excluding hydrogens is 406 g/mol. The van der Waals surface area contributed by atoms with E-state index in [-0.39, 0.29) is 5.91 Å². The fourth-order valence-electron chi connectivity index (χ4n) is 2.48. The third kappa shape index (κ3) is 4.63. The van der Waals surface area contributed by atoms with Gasteiger partial charge in [0.05, 0.1) is 24.9 Å². The molecule has 9 heteroatoms. The number of thioether (sulfide) groups is 1. The van der Waals surface area contributed by atoms with E-state index in [0.29, 0.717) is 34.4 Å². The summed E-state index contributed by atoms with van der Waals surface area (Å²) < 4.78 is 10.5. The molecule has 142 valence electrons.